The number of thiazole rings is 1. The summed E-state index contributed by atoms with van der Waals surface area (Å²) in [5, 5.41) is 23.0. The van der Waals surface area contributed by atoms with Crippen molar-refractivity contribution in [3.8, 4) is 5.75 Å². The molecule has 1 aromatic carbocycles. The van der Waals surface area contributed by atoms with Gasteiger partial charge in [0.25, 0.3) is 0 Å². The minimum absolute atomic E-state index is 0.00237. The lowest BCUT2D eigenvalue weighted by Gasteiger charge is -2.38. The minimum atomic E-state index is -1.01. The fourth-order valence-electron chi connectivity index (χ4n) is 4.89. The van der Waals surface area contributed by atoms with Crippen molar-refractivity contribution in [2.45, 2.75) is 36.1 Å². The summed E-state index contributed by atoms with van der Waals surface area (Å²) in [5.74, 6) is 0.284. The van der Waals surface area contributed by atoms with E-state index in [4.69, 9.17) is 4.74 Å². The summed E-state index contributed by atoms with van der Waals surface area (Å²) in [5.41, 5.74) is 0.814. The molecular weight excluding hydrogens is 489 g/mol. The van der Waals surface area contributed by atoms with E-state index in [1.807, 2.05) is 5.38 Å². The first-order valence-corrected chi connectivity index (χ1v) is 13.6. The van der Waals surface area contributed by atoms with Crippen molar-refractivity contribution < 1.29 is 24.1 Å². The van der Waals surface area contributed by atoms with Crippen molar-refractivity contribution in [2.24, 2.45) is 11.8 Å². The normalized spacial score (nSPS) is 19.6. The molecule has 3 aromatic rings. The molecule has 1 aliphatic rings. The van der Waals surface area contributed by atoms with Gasteiger partial charge in [0.05, 0.1) is 24.9 Å². The zero-order valence-corrected chi connectivity index (χ0v) is 21.2. The van der Waals surface area contributed by atoms with Gasteiger partial charge in [-0.15, -0.1) is 11.3 Å². The summed E-state index contributed by atoms with van der Waals surface area (Å²) < 4.78 is 21.0. The Hall–Kier alpha value is -2.27. The maximum absolute atomic E-state index is 14.7. The summed E-state index contributed by atoms with van der Waals surface area (Å²) in [6, 6.07) is 5.19. The van der Waals surface area contributed by atoms with Crippen LogP contribution in [0.25, 0.3) is 10.9 Å². The number of aliphatic hydroxyl groups excluding tert-OH is 1. The Kier molecular flexibility index (Phi) is 8.94. The number of aromatic nitrogens is 2. The molecule has 0 spiro atoms. The number of pyridine rings is 1. The molecule has 1 aliphatic heterocycles. The Labute approximate surface area is 212 Å². The minimum Gasteiger partial charge on any atom is -0.497 e. The number of fused-ring (bicyclic) bond motifs is 1. The van der Waals surface area contributed by atoms with Gasteiger partial charge in [0.2, 0.25) is 0 Å². The summed E-state index contributed by atoms with van der Waals surface area (Å²) in [6.07, 6.45) is 3.88. The molecular formula is C25H30FN3O4S2. The number of benzene rings is 1. The van der Waals surface area contributed by atoms with Gasteiger partial charge < -0.3 is 19.8 Å². The first kappa shape index (κ1) is 25.8. The average molecular weight is 520 g/mol. The average Bonchev–Trinajstić information content (AvgIpc) is 3.36. The third-order valence-electron chi connectivity index (χ3n) is 6.67. The van der Waals surface area contributed by atoms with E-state index < -0.39 is 17.9 Å². The number of likely N-dealkylation sites (tertiary alicyclic amines) is 1. The summed E-state index contributed by atoms with van der Waals surface area (Å²) in [6.45, 7) is 2.49. The number of methoxy groups -OCH3 is 1. The molecule has 2 aromatic heterocycles. The molecule has 0 saturated carbocycles. The van der Waals surface area contributed by atoms with Crippen molar-refractivity contribution >= 4 is 40.0 Å². The van der Waals surface area contributed by atoms with Crippen molar-refractivity contribution in [2.75, 3.05) is 32.5 Å². The van der Waals surface area contributed by atoms with Gasteiger partial charge in [-0.3, -0.25) is 9.78 Å². The van der Waals surface area contributed by atoms with Crippen molar-refractivity contribution in [3.05, 3.63) is 47.4 Å². The van der Waals surface area contributed by atoms with Gasteiger partial charge in [0.15, 0.2) is 0 Å². The van der Waals surface area contributed by atoms with Crippen LogP contribution in [-0.4, -0.2) is 63.5 Å². The highest BCUT2D eigenvalue weighted by Gasteiger charge is 2.31. The van der Waals surface area contributed by atoms with E-state index in [-0.39, 0.29) is 23.8 Å². The van der Waals surface area contributed by atoms with Gasteiger partial charge in [-0.05, 0) is 55.8 Å². The molecule has 0 radical (unpaired) electrons. The number of halogens is 1. The fourth-order valence-corrected chi connectivity index (χ4v) is 6.60. The predicted molar refractivity (Wildman–Crippen MR) is 136 cm³/mol. The van der Waals surface area contributed by atoms with Crippen LogP contribution in [0.4, 0.5) is 4.39 Å². The second-order valence-corrected chi connectivity index (χ2v) is 11.1. The van der Waals surface area contributed by atoms with Gasteiger partial charge in [-0.25, -0.2) is 9.37 Å². The number of hydrogen-bond acceptors (Lipinski definition) is 8. The molecule has 0 unspecified atom stereocenters. The van der Waals surface area contributed by atoms with Crippen LogP contribution in [-0.2, 0) is 4.79 Å². The second kappa shape index (κ2) is 12.1. The smallest absolute Gasteiger partial charge is 0.303 e. The third kappa shape index (κ3) is 6.69. The number of hydrogen-bond donors (Lipinski definition) is 2. The molecule has 1 saturated heterocycles. The highest BCUT2D eigenvalue weighted by Crippen LogP contribution is 2.36. The molecule has 0 bridgehead atoms. The predicted octanol–water partition coefficient (Wildman–Crippen LogP) is 4.86. The Balaban J connectivity index is 1.39. The quantitative estimate of drug-likeness (QED) is 0.347. The molecule has 3 heterocycles. The molecule has 3 atom stereocenters. The molecule has 4 rings (SSSR count). The lowest BCUT2D eigenvalue weighted by atomic mass is 9.79. The molecule has 0 amide bonds. The van der Waals surface area contributed by atoms with Gasteiger partial charge in [-0.2, -0.15) is 0 Å². The first-order valence-electron chi connectivity index (χ1n) is 11.7. The number of aliphatic carboxylic acids is 1. The Morgan fingerprint density at radius 2 is 2.23 bits per heavy atom. The number of piperidine rings is 1. The van der Waals surface area contributed by atoms with E-state index in [1.54, 1.807) is 47.5 Å². The number of thioether (sulfide) groups is 1. The number of carbonyl (C=O) groups is 1. The molecule has 2 N–H and O–H groups in total. The van der Waals surface area contributed by atoms with Crippen LogP contribution in [0.15, 0.2) is 40.3 Å². The lowest BCUT2D eigenvalue weighted by molar-refractivity contribution is -0.139. The summed E-state index contributed by atoms with van der Waals surface area (Å²) in [7, 11) is 1.54. The molecule has 10 heteroatoms. The van der Waals surface area contributed by atoms with Gasteiger partial charge in [0.1, 0.15) is 15.9 Å². The van der Waals surface area contributed by atoms with E-state index in [9.17, 15) is 19.4 Å². The van der Waals surface area contributed by atoms with Gasteiger partial charge in [-0.1, -0.05) is 11.8 Å². The maximum atomic E-state index is 14.7. The van der Waals surface area contributed by atoms with E-state index >= 15 is 0 Å². The molecule has 35 heavy (non-hydrogen) atoms. The number of aliphatic hydroxyl groups is 1. The summed E-state index contributed by atoms with van der Waals surface area (Å²) in [4.78, 5) is 22.3. The standard InChI is InChI=1S/C25H30FN3O4S2/c1-33-18-3-4-21-19(13-18)24(20(26)14-28-21)22(30)5-2-16-6-8-29(15-17(16)12-23(31)32)9-11-35-25-27-7-10-34-25/h3-4,7,10,13-14,16-17,22,30H,2,5-6,8-9,11-12,15H2,1H3,(H,31,32)/t16-,17+,22+/m1/s1. The van der Waals surface area contributed by atoms with Crippen LogP contribution in [0.1, 0.15) is 37.4 Å². The zero-order chi connectivity index (χ0) is 24.8. The Morgan fingerprint density at radius 3 is 2.97 bits per heavy atom. The van der Waals surface area contributed by atoms with Crippen LogP contribution >= 0.6 is 23.1 Å². The molecule has 1 fully saturated rings. The highest BCUT2D eigenvalue weighted by atomic mass is 32.2. The number of carboxylic acids is 1. The number of carboxylic acid groups (broad SMARTS) is 1. The number of nitrogens with zero attached hydrogens (tertiary/aromatic N) is 3. The third-order valence-corrected chi connectivity index (χ3v) is 8.61. The van der Waals surface area contributed by atoms with E-state index in [0.29, 0.717) is 29.5 Å². The van der Waals surface area contributed by atoms with Crippen LogP contribution in [0.5, 0.6) is 5.75 Å². The zero-order valence-electron chi connectivity index (χ0n) is 19.6. The second-order valence-electron chi connectivity index (χ2n) is 8.85. The van der Waals surface area contributed by atoms with Crippen molar-refractivity contribution in [3.63, 3.8) is 0 Å². The topological polar surface area (TPSA) is 95.8 Å². The van der Waals surface area contributed by atoms with Crippen LogP contribution in [0.2, 0.25) is 0 Å². The van der Waals surface area contributed by atoms with Crippen molar-refractivity contribution in [1.29, 1.82) is 0 Å². The largest absolute Gasteiger partial charge is 0.497 e. The molecule has 0 aliphatic carbocycles. The van der Waals surface area contributed by atoms with Crippen LogP contribution in [0, 0.1) is 17.7 Å². The van der Waals surface area contributed by atoms with Crippen LogP contribution < -0.4 is 4.74 Å². The van der Waals surface area contributed by atoms with E-state index in [1.165, 1.54) is 7.11 Å². The van der Waals surface area contributed by atoms with Gasteiger partial charge >= 0.3 is 5.97 Å². The molecule has 188 valence electrons. The van der Waals surface area contributed by atoms with Crippen molar-refractivity contribution in [1.82, 2.24) is 14.9 Å². The number of rotatable bonds is 11. The maximum Gasteiger partial charge on any atom is 0.303 e. The first-order chi connectivity index (χ1) is 16.9. The summed E-state index contributed by atoms with van der Waals surface area (Å²) >= 11 is 3.34. The Morgan fingerprint density at radius 1 is 1.37 bits per heavy atom. The SMILES string of the molecule is COc1ccc2ncc(F)c([C@@H](O)CC[C@@H]3CCN(CCSc4nccs4)C[C@@H]3CC(=O)O)c2c1. The molecule has 7 nitrogen and oxygen atoms in total. The van der Waals surface area contributed by atoms with E-state index in [2.05, 4.69) is 14.9 Å². The monoisotopic (exact) mass is 519 g/mol. The lowest BCUT2D eigenvalue weighted by Crippen LogP contribution is -2.42. The fraction of sp³-hybridized carbons (Fsp3) is 0.480. The number of ether oxygens (including phenoxy) is 1. The van der Waals surface area contributed by atoms with E-state index in [0.717, 1.165) is 42.3 Å². The highest BCUT2D eigenvalue weighted by molar-refractivity contribution is 8.01. The Bertz CT molecular complexity index is 1130. The van der Waals surface area contributed by atoms with Gasteiger partial charge in [0, 0.05) is 47.8 Å². The van der Waals surface area contributed by atoms with Crippen LogP contribution in [0.3, 0.4) is 0 Å².